The van der Waals surface area contributed by atoms with Gasteiger partial charge in [0.2, 0.25) is 100 Å². The number of likely N-dealkylation sites (N-methyl/N-ethyl adjacent to an activating group) is 3. The molecule has 706 valence electrons. The van der Waals surface area contributed by atoms with Crippen LogP contribution in [0.3, 0.4) is 0 Å². The maximum absolute atomic E-state index is 15.7. The van der Waals surface area contributed by atoms with E-state index in [9.17, 15) is 63.0 Å². The van der Waals surface area contributed by atoms with Crippen LogP contribution in [-0.4, -0.2) is 303 Å². The Morgan fingerprint density at radius 1 is 0.550 bits per heavy atom. The summed E-state index contributed by atoms with van der Waals surface area (Å²) < 4.78 is 0.844. The van der Waals surface area contributed by atoms with Gasteiger partial charge in [0.1, 0.15) is 90.3 Å². The Labute approximate surface area is 757 Å². The predicted molar refractivity (Wildman–Crippen MR) is 483 cm³/mol. The Balaban J connectivity index is 0.0000228. The number of rotatable bonds is 23. The molecular weight excluding hydrogens is 1710 g/mol. The number of unbranched alkanes of at least 4 members (excludes halogenated alkanes) is 2. The third-order valence-electron chi connectivity index (χ3n) is 23.0. The molecule has 5 heterocycles. The van der Waals surface area contributed by atoms with Crippen LogP contribution in [0.1, 0.15) is 136 Å². The normalized spacial score (nSPS) is 25.3. The molecule has 3 saturated heterocycles. The van der Waals surface area contributed by atoms with Gasteiger partial charge < -0.3 is 122 Å². The van der Waals surface area contributed by atoms with E-state index in [1.807, 2.05) is 37.4 Å². The van der Waals surface area contributed by atoms with Crippen LogP contribution < -0.4 is 81.8 Å². The fraction of sp³-hybridized carbons (Fsp3) is 0.552. The zero-order chi connectivity index (χ0) is 93.9. The molecule has 3 aliphatic heterocycles. The van der Waals surface area contributed by atoms with Gasteiger partial charge in [0, 0.05) is 101 Å². The molecule has 3 fully saturated rings. The number of hydrogen-bond donors (Lipinski definition) is 18. The Bertz CT molecular complexity index is 4800. The molecule has 8 rings (SSSR count). The molecule has 40 nitrogen and oxygen atoms in total. The van der Waals surface area contributed by atoms with Crippen LogP contribution in [-0.2, 0) is 101 Å². The van der Waals surface area contributed by atoms with Crippen LogP contribution >= 0.6 is 23.1 Å². The molecule has 0 radical (unpaired) electrons. The quantitative estimate of drug-likeness (QED) is 0.0321. The number of amides is 17. The van der Waals surface area contributed by atoms with Gasteiger partial charge in [-0.05, 0) is 110 Å². The first-order valence-corrected chi connectivity index (χ1v) is 45.1. The summed E-state index contributed by atoms with van der Waals surface area (Å²) >= 11 is 2.14. The lowest BCUT2D eigenvalue weighted by atomic mass is 9.99. The van der Waals surface area contributed by atoms with Crippen molar-refractivity contribution in [1.82, 2.24) is 82.7 Å². The molecule has 0 spiro atoms. The van der Waals surface area contributed by atoms with Gasteiger partial charge in [-0.3, -0.25) is 81.5 Å². The number of carbonyl (C=O) groups excluding carboxylic acids is 17. The summed E-state index contributed by atoms with van der Waals surface area (Å²) in [6.45, 7) is 5.84. The number of fused-ring (bicyclic) bond motifs is 4. The van der Waals surface area contributed by atoms with Crippen LogP contribution in [0.4, 0.5) is 0 Å². The van der Waals surface area contributed by atoms with E-state index in [1.165, 1.54) is 68.6 Å². The fourth-order valence-corrected chi connectivity index (χ4v) is 17.6. The molecule has 3 aromatic carbocycles. The number of H-pyrrole nitrogens is 1. The Morgan fingerprint density at radius 3 is 1.74 bits per heavy atom. The van der Waals surface area contributed by atoms with Crippen molar-refractivity contribution in [3.05, 3.63) is 101 Å². The first-order valence-electron chi connectivity index (χ1n) is 43.0. The average molecular weight is 1840 g/mol. The van der Waals surface area contributed by atoms with E-state index in [2.05, 4.69) is 58.2 Å². The van der Waals surface area contributed by atoms with Crippen LogP contribution in [0.2, 0.25) is 0 Å². The van der Waals surface area contributed by atoms with E-state index in [4.69, 9.17) is 28.7 Å². The van der Waals surface area contributed by atoms with Gasteiger partial charge in [-0.2, -0.15) is 0 Å². The van der Waals surface area contributed by atoms with E-state index < -0.39 is 235 Å². The number of aliphatic hydroxyl groups excluding tert-OH is 1. The lowest BCUT2D eigenvalue weighted by Gasteiger charge is -2.36. The number of benzene rings is 3. The highest BCUT2D eigenvalue weighted by atomic mass is 32.2. The smallest absolute Gasteiger partial charge is 0.246 e. The summed E-state index contributed by atoms with van der Waals surface area (Å²) in [7, 11) is 3.96. The van der Waals surface area contributed by atoms with Gasteiger partial charge in [-0.15, -0.1) is 23.1 Å². The number of aliphatic hydroxyl groups is 1. The number of para-hydroxylation sites is 1. The number of hydrogen-bond acceptors (Lipinski definition) is 24. The number of aromatic nitrogens is 1. The molecule has 42 heteroatoms. The van der Waals surface area contributed by atoms with Gasteiger partial charge in [-0.25, -0.2) is 0 Å². The Morgan fingerprint density at radius 2 is 1.09 bits per heavy atom. The molecule has 23 N–H and O–H groups in total. The van der Waals surface area contributed by atoms with Crippen molar-refractivity contribution in [3.8, 4) is 5.75 Å². The summed E-state index contributed by atoms with van der Waals surface area (Å²) in [5.74, 6) is -17.0. The molecule has 3 aliphatic rings. The Hall–Kier alpha value is -11.9. The van der Waals surface area contributed by atoms with E-state index in [0.29, 0.717) is 53.3 Å². The second-order valence-corrected chi connectivity index (χ2v) is 34.9. The van der Waals surface area contributed by atoms with Crippen molar-refractivity contribution in [3.63, 3.8) is 0 Å². The summed E-state index contributed by atoms with van der Waals surface area (Å²) in [5.41, 5.74) is 31.9. The number of nitrogens with two attached hydrogens (primary N) is 5. The highest BCUT2D eigenvalue weighted by molar-refractivity contribution is 8.00. The number of aromatic hydroxyl groups is 1. The largest absolute Gasteiger partial charge is 0.508 e. The van der Waals surface area contributed by atoms with E-state index in [-0.39, 0.29) is 96.4 Å². The third kappa shape index (κ3) is 28.6. The zero-order valence-electron chi connectivity index (χ0n) is 73.4. The lowest BCUT2D eigenvalue weighted by molar-refractivity contribution is -0.149. The maximum atomic E-state index is 15.7. The van der Waals surface area contributed by atoms with Crippen LogP contribution in [0.5, 0.6) is 5.75 Å². The molecule has 15 atom stereocenters. The van der Waals surface area contributed by atoms with Crippen molar-refractivity contribution in [2.24, 2.45) is 34.6 Å². The fourth-order valence-electron chi connectivity index (χ4n) is 15.8. The minimum Gasteiger partial charge on any atom is -0.508 e. The predicted octanol–water partition coefficient (Wildman–Crippen LogP) is -2.51. The van der Waals surface area contributed by atoms with Gasteiger partial charge >= 0.3 is 0 Å². The molecule has 17 amide bonds. The molecular formula is C87H127N21O19S2. The minimum atomic E-state index is -1.76. The van der Waals surface area contributed by atoms with Crippen molar-refractivity contribution in [2.75, 3.05) is 71.9 Å². The molecule has 129 heavy (non-hydrogen) atoms. The summed E-state index contributed by atoms with van der Waals surface area (Å²) in [6, 6.07) is -1.12. The van der Waals surface area contributed by atoms with Gasteiger partial charge in [0.05, 0.1) is 24.8 Å². The first kappa shape index (κ1) is 104. The molecule has 0 saturated carbocycles. The topological polar surface area (TPSA) is 613 Å². The number of phenols is 1. The molecule has 0 bridgehead atoms. The maximum Gasteiger partial charge on any atom is 0.246 e. The molecule has 5 aromatic rings. The van der Waals surface area contributed by atoms with Crippen LogP contribution in [0, 0.1) is 5.92 Å². The number of carbonyl (C=O) groups is 17. The number of phenolic OH excluding ortho intramolecular Hbond substituents is 1. The zero-order valence-corrected chi connectivity index (χ0v) is 75.0. The van der Waals surface area contributed by atoms with E-state index in [0.717, 1.165) is 41.4 Å². The number of thioether (sulfide) groups is 1. The lowest BCUT2D eigenvalue weighted by Crippen LogP contribution is -2.62. The second kappa shape index (κ2) is 49.6. The summed E-state index contributed by atoms with van der Waals surface area (Å²) in [6.07, 6.45) is 0.140. The Kier molecular flexibility index (Phi) is 40.1. The van der Waals surface area contributed by atoms with Crippen LogP contribution in [0.15, 0.2) is 84.4 Å². The summed E-state index contributed by atoms with van der Waals surface area (Å²) in [5, 5.41) is 51.1. The molecule has 2 aromatic heterocycles. The standard InChI is InChI=1S/C86H123N21O19S2.CH4/c1-9-11-21-65-79(119)100-63(39-89)78(118)102-64(74(114)93-41-71(91)111)44-127-45-72(112)94-59(33-48-25-27-51(108)28-26-48)82(122)103(6)47(5)73(113)97-61(37-70(90)110)84(124)106-31-17-23-66(106)80(120)101-62(38-88)77(117)98-58(32-46(3)4)85(125)107-42-52(109)36-68(107)81(121)96-57(34-49-40-92-55-20-15-13-18-53(49)55)76(116)95-56(29-30-87)75(115)99-60(35-50-43-128-69-24-16-14-19-54(50)69)83(123)105(8)67(22-12-10-2)86(126)104(65)7;/h13-16,18-20,24-28,40,43,46-47,52,56-68,92,108-109H,9-12,17,21-23,29-39,41-42,44-45,87-89H2,1-8H3,(H2,90,110)(H2,91,111)(H,93,114)(H,94,112)(H,95,116)(H,96,121)(H,97,113)(H,98,117)(H,99,115)(H,100,119)(H,101,120)(H,102,118);1H4/t47-,52+,56-,57-,58-,59-,60-,61-,62-,63-,64-,65-,66-,67-,68-;/m0./s1. The van der Waals surface area contributed by atoms with Gasteiger partial charge in [0.25, 0.3) is 0 Å². The molecule has 0 unspecified atom stereocenters. The molecule has 0 aliphatic carbocycles. The van der Waals surface area contributed by atoms with Crippen molar-refractivity contribution in [2.45, 2.75) is 229 Å². The van der Waals surface area contributed by atoms with Crippen molar-refractivity contribution in [1.29, 1.82) is 0 Å². The third-order valence-corrected chi connectivity index (χ3v) is 25.0. The SMILES string of the molecule is C.CCCC[C@H]1C(=O)N(C)[C@@H](CCCC)C(=O)N[C@@H](CN)C(=O)N[C@H](C(=O)NCC(N)=O)CSCC(=O)N[C@@H](Cc2ccc(O)cc2)C(=O)N(C)[C@@H](C)C(=O)N[C@@H](CC(N)=O)C(=O)N2CCC[C@H]2C(=O)N[C@@H](CN)C(=O)N[C@@H](CC(C)C)C(=O)N2C[C@H](O)C[C@H]2C(=O)N[C@@H](Cc2c[nH]c3ccccc23)C(=O)N[C@@H](CCN)C(=O)N[C@@H](Cc2csc3ccccc23)C(=O)N1C. The first-order chi connectivity index (χ1) is 60.9. The second-order valence-electron chi connectivity index (χ2n) is 33.0. The van der Waals surface area contributed by atoms with Crippen molar-refractivity contribution < 1.29 is 91.7 Å². The van der Waals surface area contributed by atoms with Crippen LogP contribution in [0.25, 0.3) is 21.0 Å². The number of aromatic amines is 1. The average Bonchev–Trinajstić information content (AvgIpc) is 1.59. The van der Waals surface area contributed by atoms with E-state index >= 15 is 28.8 Å². The number of thiophene rings is 1. The van der Waals surface area contributed by atoms with Gasteiger partial charge in [-0.1, -0.05) is 109 Å². The van der Waals surface area contributed by atoms with Crippen molar-refractivity contribution >= 4 is 145 Å². The highest BCUT2D eigenvalue weighted by Crippen LogP contribution is 2.30. The number of nitrogens with one attached hydrogen (secondary N) is 11. The minimum absolute atomic E-state index is 0. The van der Waals surface area contributed by atoms with Gasteiger partial charge in [0.15, 0.2) is 0 Å². The summed E-state index contributed by atoms with van der Waals surface area (Å²) in [4.78, 5) is 256. The number of nitrogens with zero attached hydrogens (tertiary/aromatic N) is 5. The number of primary amides is 2. The van der Waals surface area contributed by atoms with E-state index in [1.54, 1.807) is 50.4 Å². The highest BCUT2D eigenvalue weighted by Gasteiger charge is 2.47. The monoisotopic (exact) mass is 1830 g/mol.